The van der Waals surface area contributed by atoms with Crippen LogP contribution in [-0.4, -0.2) is 52.0 Å². The second-order valence-electron chi connectivity index (χ2n) is 6.83. The highest BCUT2D eigenvalue weighted by atomic mass is 19.1. The number of piperidine rings is 1. The maximum absolute atomic E-state index is 12.7. The van der Waals surface area contributed by atoms with Gasteiger partial charge in [0.1, 0.15) is 30.2 Å². The van der Waals surface area contributed by atoms with Gasteiger partial charge in [-0.15, -0.1) is 0 Å². The van der Waals surface area contributed by atoms with Crippen LogP contribution in [0.2, 0.25) is 0 Å². The minimum Gasteiger partial charge on any atom is -0.490 e. The van der Waals surface area contributed by atoms with Crippen LogP contribution in [0.5, 0.6) is 11.6 Å². The van der Waals surface area contributed by atoms with Crippen molar-refractivity contribution in [3.05, 3.63) is 41.6 Å². The van der Waals surface area contributed by atoms with Crippen molar-refractivity contribution in [3.63, 3.8) is 0 Å². The number of halogens is 1. The van der Waals surface area contributed by atoms with E-state index in [4.69, 9.17) is 14.9 Å². The van der Waals surface area contributed by atoms with Crippen LogP contribution in [0.25, 0.3) is 5.57 Å². The summed E-state index contributed by atoms with van der Waals surface area (Å²) in [6.45, 7) is 4.71. The minimum atomic E-state index is -0.576. The number of amidine groups is 1. The molecule has 150 valence electrons. The van der Waals surface area contributed by atoms with Gasteiger partial charge in [-0.1, -0.05) is 0 Å². The molecule has 3 heterocycles. The fourth-order valence-corrected chi connectivity index (χ4v) is 3.18. The van der Waals surface area contributed by atoms with E-state index < -0.39 is 6.67 Å². The maximum Gasteiger partial charge on any atom is 0.216 e. The highest BCUT2D eigenvalue weighted by molar-refractivity contribution is 6.01. The summed E-state index contributed by atoms with van der Waals surface area (Å²) in [6.07, 6.45) is 4.91. The van der Waals surface area contributed by atoms with Gasteiger partial charge in [0, 0.05) is 38.2 Å². The van der Waals surface area contributed by atoms with E-state index in [0.29, 0.717) is 23.2 Å². The Morgan fingerprint density at radius 1 is 1.32 bits per heavy atom. The lowest BCUT2D eigenvalue weighted by Gasteiger charge is -2.34. The molecule has 0 aliphatic carbocycles. The summed E-state index contributed by atoms with van der Waals surface area (Å²) in [5.74, 6) is 2.36. The molecule has 2 N–H and O–H groups in total. The number of nitrogens with one attached hydrogen (secondary N) is 2. The average molecular weight is 387 g/mol. The number of nitrogens with zero attached hydrogens (tertiary/aromatic N) is 3. The Kier molecular flexibility index (Phi) is 6.28. The standard InChI is InChI=1S/C20H26FN5O2/c1-13(14(2)20-24-12-15(11-21)25-20)19(22)26-8-5-16(6-9-26)28-17-4-7-23-18(10-17)27-3/h4,7,10,12,16,22H,5-6,8-9,11H2,1-3H3,(H,24,25)/b14-13-,22-19?. The number of hydrogen-bond donors (Lipinski definition) is 2. The first-order valence-electron chi connectivity index (χ1n) is 9.30. The van der Waals surface area contributed by atoms with E-state index in [0.717, 1.165) is 42.8 Å². The van der Waals surface area contributed by atoms with Gasteiger partial charge < -0.3 is 19.4 Å². The number of likely N-dealkylation sites (tertiary alicyclic amines) is 1. The zero-order chi connectivity index (χ0) is 20.1. The molecule has 8 heteroatoms. The molecule has 0 bridgehead atoms. The molecule has 1 aliphatic heterocycles. The molecule has 0 amide bonds. The minimum absolute atomic E-state index is 0.0960. The molecule has 28 heavy (non-hydrogen) atoms. The van der Waals surface area contributed by atoms with E-state index >= 15 is 0 Å². The summed E-state index contributed by atoms with van der Waals surface area (Å²) in [5, 5.41) is 8.55. The Labute approximate surface area is 164 Å². The van der Waals surface area contributed by atoms with E-state index in [1.54, 1.807) is 19.4 Å². The van der Waals surface area contributed by atoms with Gasteiger partial charge in [-0.25, -0.2) is 14.4 Å². The number of methoxy groups -OCH3 is 1. The molecular formula is C20H26FN5O2. The summed E-state index contributed by atoms with van der Waals surface area (Å²) in [4.78, 5) is 13.3. The summed E-state index contributed by atoms with van der Waals surface area (Å²) in [5.41, 5.74) is 2.13. The predicted octanol–water partition coefficient (Wildman–Crippen LogP) is 3.60. The highest BCUT2D eigenvalue weighted by Crippen LogP contribution is 2.24. The van der Waals surface area contributed by atoms with Crippen LogP contribution in [0.1, 0.15) is 38.2 Å². The Morgan fingerprint density at radius 2 is 2.07 bits per heavy atom. The number of aromatic nitrogens is 3. The highest BCUT2D eigenvalue weighted by Gasteiger charge is 2.24. The van der Waals surface area contributed by atoms with Crippen LogP contribution < -0.4 is 9.47 Å². The summed E-state index contributed by atoms with van der Waals surface area (Å²) < 4.78 is 23.9. The molecule has 2 aromatic heterocycles. The van der Waals surface area contributed by atoms with Crippen molar-refractivity contribution < 1.29 is 13.9 Å². The normalized spacial score (nSPS) is 15.9. The number of aromatic amines is 1. The first-order valence-corrected chi connectivity index (χ1v) is 9.30. The molecule has 3 rings (SSSR count). The molecule has 0 saturated carbocycles. The van der Waals surface area contributed by atoms with E-state index in [-0.39, 0.29) is 6.10 Å². The summed E-state index contributed by atoms with van der Waals surface area (Å²) >= 11 is 0. The molecule has 2 aromatic rings. The number of ether oxygens (including phenoxy) is 2. The Balaban J connectivity index is 1.59. The first-order chi connectivity index (χ1) is 13.5. The predicted molar refractivity (Wildman–Crippen MR) is 105 cm³/mol. The molecule has 1 aliphatic rings. The Hall–Kier alpha value is -2.90. The van der Waals surface area contributed by atoms with Crippen molar-refractivity contribution in [2.75, 3.05) is 20.2 Å². The van der Waals surface area contributed by atoms with Crippen molar-refractivity contribution in [3.8, 4) is 11.6 Å². The van der Waals surface area contributed by atoms with Crippen molar-refractivity contribution in [2.24, 2.45) is 0 Å². The Morgan fingerprint density at radius 3 is 2.71 bits per heavy atom. The van der Waals surface area contributed by atoms with Crippen molar-refractivity contribution in [1.29, 1.82) is 5.41 Å². The van der Waals surface area contributed by atoms with Crippen molar-refractivity contribution >= 4 is 11.4 Å². The van der Waals surface area contributed by atoms with Crippen LogP contribution in [0, 0.1) is 5.41 Å². The fraction of sp³-hybridized carbons (Fsp3) is 0.450. The topological polar surface area (TPSA) is 87.1 Å². The molecule has 0 spiro atoms. The molecular weight excluding hydrogens is 361 g/mol. The number of H-pyrrole nitrogens is 1. The van der Waals surface area contributed by atoms with Crippen LogP contribution in [0.4, 0.5) is 4.39 Å². The van der Waals surface area contributed by atoms with Gasteiger partial charge in [-0.2, -0.15) is 0 Å². The average Bonchev–Trinajstić information content (AvgIpc) is 3.22. The lowest BCUT2D eigenvalue weighted by Crippen LogP contribution is -2.42. The third-order valence-corrected chi connectivity index (χ3v) is 5.02. The zero-order valence-corrected chi connectivity index (χ0v) is 16.5. The molecule has 0 atom stereocenters. The van der Waals surface area contributed by atoms with Crippen LogP contribution in [0.15, 0.2) is 30.1 Å². The lowest BCUT2D eigenvalue weighted by molar-refractivity contribution is 0.130. The number of hydrogen-bond acceptors (Lipinski definition) is 5. The van der Waals surface area contributed by atoms with Gasteiger partial charge in [-0.05, 0) is 31.1 Å². The van der Waals surface area contributed by atoms with Gasteiger partial charge in [0.15, 0.2) is 0 Å². The Bertz CT molecular complexity index is 856. The van der Waals surface area contributed by atoms with Gasteiger partial charge in [0.2, 0.25) is 5.88 Å². The lowest BCUT2D eigenvalue weighted by atomic mass is 10.0. The van der Waals surface area contributed by atoms with Crippen LogP contribution >= 0.6 is 0 Å². The zero-order valence-electron chi connectivity index (χ0n) is 16.5. The molecule has 0 aromatic carbocycles. The molecule has 7 nitrogen and oxygen atoms in total. The van der Waals surface area contributed by atoms with E-state index in [2.05, 4.69) is 15.0 Å². The quantitative estimate of drug-likeness (QED) is 0.584. The fourth-order valence-electron chi connectivity index (χ4n) is 3.18. The number of imidazole rings is 1. The van der Waals surface area contributed by atoms with Gasteiger partial charge in [0.25, 0.3) is 0 Å². The maximum atomic E-state index is 12.7. The molecule has 1 saturated heterocycles. The largest absolute Gasteiger partial charge is 0.490 e. The molecule has 1 fully saturated rings. The second-order valence-corrected chi connectivity index (χ2v) is 6.83. The van der Waals surface area contributed by atoms with Gasteiger partial charge >= 0.3 is 0 Å². The van der Waals surface area contributed by atoms with E-state index in [1.807, 2.05) is 24.8 Å². The van der Waals surface area contributed by atoms with Gasteiger partial charge in [0.05, 0.1) is 19.0 Å². The third-order valence-electron chi connectivity index (χ3n) is 5.02. The number of alkyl halides is 1. The SMILES string of the molecule is COc1cc(OC2CCN(C(=N)/C(C)=C(/C)c3ncc(CF)[nH]3)CC2)ccn1. The molecule has 0 radical (unpaired) electrons. The summed E-state index contributed by atoms with van der Waals surface area (Å²) in [6, 6.07) is 3.60. The second kappa shape index (κ2) is 8.86. The van der Waals surface area contributed by atoms with Crippen LogP contribution in [0.3, 0.4) is 0 Å². The summed E-state index contributed by atoms with van der Waals surface area (Å²) in [7, 11) is 1.58. The van der Waals surface area contributed by atoms with E-state index in [1.165, 1.54) is 6.20 Å². The number of allylic oxidation sites excluding steroid dienone is 1. The first kappa shape index (κ1) is 19.9. The number of rotatable bonds is 6. The molecule has 0 unspecified atom stereocenters. The van der Waals surface area contributed by atoms with Crippen LogP contribution in [-0.2, 0) is 6.67 Å². The smallest absolute Gasteiger partial charge is 0.216 e. The third kappa shape index (κ3) is 4.49. The monoisotopic (exact) mass is 387 g/mol. The van der Waals surface area contributed by atoms with Gasteiger partial charge in [-0.3, -0.25) is 5.41 Å². The van der Waals surface area contributed by atoms with Crippen molar-refractivity contribution in [2.45, 2.75) is 39.5 Å². The van der Waals surface area contributed by atoms with E-state index in [9.17, 15) is 4.39 Å². The van der Waals surface area contributed by atoms with Crippen molar-refractivity contribution in [1.82, 2.24) is 19.9 Å². The number of pyridine rings is 1.